The molecule has 1 amide bonds. The standard InChI is InChI=1S/C12H13NO3/c1-7-11-9(13-12(7)14)3-2-4-10(11)16-6-8-5-15-8/h2-4,7-8H,5-6H2,1H3,(H,13,14)/t7?,8-/m0/s1. The molecule has 4 nitrogen and oxygen atoms in total. The highest BCUT2D eigenvalue weighted by atomic mass is 16.6. The van der Waals surface area contributed by atoms with Crippen molar-refractivity contribution in [2.24, 2.45) is 0 Å². The Labute approximate surface area is 93.5 Å². The molecule has 1 N–H and O–H groups in total. The van der Waals surface area contributed by atoms with Gasteiger partial charge in [-0.2, -0.15) is 0 Å². The van der Waals surface area contributed by atoms with Gasteiger partial charge in [-0.05, 0) is 19.1 Å². The summed E-state index contributed by atoms with van der Waals surface area (Å²) in [5, 5.41) is 2.84. The van der Waals surface area contributed by atoms with Gasteiger partial charge in [-0.1, -0.05) is 6.07 Å². The lowest BCUT2D eigenvalue weighted by Crippen LogP contribution is -2.09. The Morgan fingerprint density at radius 2 is 2.38 bits per heavy atom. The molecular formula is C12H13NO3. The number of fused-ring (bicyclic) bond motifs is 1. The van der Waals surface area contributed by atoms with Gasteiger partial charge in [0.05, 0.1) is 12.5 Å². The number of carbonyl (C=O) groups excluding carboxylic acids is 1. The Kier molecular flexibility index (Phi) is 2.11. The van der Waals surface area contributed by atoms with E-state index in [1.807, 2.05) is 25.1 Å². The van der Waals surface area contributed by atoms with Gasteiger partial charge in [0.15, 0.2) is 0 Å². The summed E-state index contributed by atoms with van der Waals surface area (Å²) in [4.78, 5) is 11.5. The first-order chi connectivity index (χ1) is 7.75. The second kappa shape index (κ2) is 3.49. The molecule has 1 aromatic rings. The number of amides is 1. The molecule has 0 spiro atoms. The van der Waals surface area contributed by atoms with Gasteiger partial charge in [0.25, 0.3) is 0 Å². The summed E-state index contributed by atoms with van der Waals surface area (Å²) in [5.74, 6) is 0.693. The topological polar surface area (TPSA) is 50.9 Å². The minimum atomic E-state index is -0.133. The van der Waals surface area contributed by atoms with E-state index in [9.17, 15) is 4.79 Å². The van der Waals surface area contributed by atoms with Crippen molar-refractivity contribution in [3.63, 3.8) is 0 Å². The van der Waals surface area contributed by atoms with Crippen molar-refractivity contribution in [1.29, 1.82) is 0 Å². The zero-order valence-corrected chi connectivity index (χ0v) is 9.03. The van der Waals surface area contributed by atoms with Crippen LogP contribution < -0.4 is 10.1 Å². The summed E-state index contributed by atoms with van der Waals surface area (Å²) in [5.41, 5.74) is 1.83. The van der Waals surface area contributed by atoms with Crippen molar-refractivity contribution in [2.45, 2.75) is 18.9 Å². The van der Waals surface area contributed by atoms with Crippen molar-refractivity contribution in [3.05, 3.63) is 23.8 Å². The zero-order valence-electron chi connectivity index (χ0n) is 9.03. The molecule has 1 fully saturated rings. The molecule has 0 bridgehead atoms. The minimum Gasteiger partial charge on any atom is -0.490 e. The average molecular weight is 219 g/mol. The van der Waals surface area contributed by atoms with Gasteiger partial charge >= 0.3 is 0 Å². The van der Waals surface area contributed by atoms with Crippen LogP contribution in [0.4, 0.5) is 5.69 Å². The molecule has 1 unspecified atom stereocenters. The molecule has 2 atom stereocenters. The van der Waals surface area contributed by atoms with Crippen molar-refractivity contribution >= 4 is 11.6 Å². The molecule has 4 heteroatoms. The zero-order chi connectivity index (χ0) is 11.1. The number of ether oxygens (including phenoxy) is 2. The van der Waals surface area contributed by atoms with Crippen LogP contribution in [-0.4, -0.2) is 25.2 Å². The number of hydrogen-bond donors (Lipinski definition) is 1. The Morgan fingerprint density at radius 3 is 3.12 bits per heavy atom. The second-order valence-electron chi connectivity index (χ2n) is 4.19. The van der Waals surface area contributed by atoms with E-state index in [2.05, 4.69) is 5.32 Å². The first-order valence-electron chi connectivity index (χ1n) is 5.44. The number of anilines is 1. The van der Waals surface area contributed by atoms with Crippen LogP contribution in [0.5, 0.6) is 5.75 Å². The fraction of sp³-hybridized carbons (Fsp3) is 0.417. The Balaban J connectivity index is 1.87. The summed E-state index contributed by atoms with van der Waals surface area (Å²) >= 11 is 0. The lowest BCUT2D eigenvalue weighted by Gasteiger charge is -2.10. The van der Waals surface area contributed by atoms with Crippen molar-refractivity contribution in [2.75, 3.05) is 18.5 Å². The lowest BCUT2D eigenvalue weighted by atomic mass is 10.0. The lowest BCUT2D eigenvalue weighted by molar-refractivity contribution is -0.116. The number of hydrogen-bond acceptors (Lipinski definition) is 3. The molecule has 16 heavy (non-hydrogen) atoms. The molecule has 3 rings (SSSR count). The maximum absolute atomic E-state index is 11.5. The van der Waals surface area contributed by atoms with Gasteiger partial charge < -0.3 is 14.8 Å². The summed E-state index contributed by atoms with van der Waals surface area (Å²) < 4.78 is 10.8. The van der Waals surface area contributed by atoms with Gasteiger partial charge in [-0.25, -0.2) is 0 Å². The van der Waals surface area contributed by atoms with E-state index in [1.54, 1.807) is 0 Å². The third-order valence-corrected chi connectivity index (χ3v) is 2.98. The van der Waals surface area contributed by atoms with Crippen LogP contribution in [0.1, 0.15) is 18.4 Å². The maximum Gasteiger partial charge on any atom is 0.231 e. The highest BCUT2D eigenvalue weighted by Crippen LogP contribution is 2.39. The Hall–Kier alpha value is -1.55. The van der Waals surface area contributed by atoms with Gasteiger partial charge in [0, 0.05) is 11.3 Å². The van der Waals surface area contributed by atoms with Crippen LogP contribution in [0, 0.1) is 0 Å². The van der Waals surface area contributed by atoms with Crippen molar-refractivity contribution < 1.29 is 14.3 Å². The molecule has 1 saturated heterocycles. The van der Waals surface area contributed by atoms with E-state index >= 15 is 0 Å². The van der Waals surface area contributed by atoms with Crippen LogP contribution in [0.25, 0.3) is 0 Å². The molecule has 2 aliphatic rings. The predicted octanol–water partition coefficient (Wildman–Crippen LogP) is 1.52. The molecule has 0 saturated carbocycles. The number of benzene rings is 1. The third kappa shape index (κ3) is 1.55. The summed E-state index contributed by atoms with van der Waals surface area (Å²) in [6, 6.07) is 5.69. The van der Waals surface area contributed by atoms with Crippen LogP contribution in [0.3, 0.4) is 0 Å². The largest absolute Gasteiger partial charge is 0.490 e. The Morgan fingerprint density at radius 1 is 1.56 bits per heavy atom. The molecule has 1 aromatic carbocycles. The van der Waals surface area contributed by atoms with E-state index < -0.39 is 0 Å². The first-order valence-corrected chi connectivity index (χ1v) is 5.44. The van der Waals surface area contributed by atoms with Crippen LogP contribution >= 0.6 is 0 Å². The van der Waals surface area contributed by atoms with E-state index in [1.165, 1.54) is 0 Å². The van der Waals surface area contributed by atoms with Gasteiger partial charge in [0.2, 0.25) is 5.91 Å². The number of nitrogens with one attached hydrogen (secondary N) is 1. The third-order valence-electron chi connectivity index (χ3n) is 2.98. The molecule has 2 aliphatic heterocycles. The summed E-state index contributed by atoms with van der Waals surface area (Å²) in [7, 11) is 0. The van der Waals surface area contributed by atoms with Crippen LogP contribution in [0.2, 0.25) is 0 Å². The van der Waals surface area contributed by atoms with E-state index in [0.717, 1.165) is 23.6 Å². The molecular weight excluding hydrogens is 206 g/mol. The quantitative estimate of drug-likeness (QED) is 0.784. The SMILES string of the molecule is CC1C(=O)Nc2cccc(OC[C@@H]3CO3)c21. The summed E-state index contributed by atoms with van der Waals surface area (Å²) in [6.45, 7) is 3.24. The maximum atomic E-state index is 11.5. The van der Waals surface area contributed by atoms with Crippen LogP contribution in [0.15, 0.2) is 18.2 Å². The second-order valence-corrected chi connectivity index (χ2v) is 4.19. The molecule has 84 valence electrons. The van der Waals surface area contributed by atoms with E-state index in [0.29, 0.717) is 6.61 Å². The predicted molar refractivity (Wildman–Crippen MR) is 58.7 cm³/mol. The van der Waals surface area contributed by atoms with Crippen molar-refractivity contribution in [3.8, 4) is 5.75 Å². The minimum absolute atomic E-state index is 0.0359. The highest BCUT2D eigenvalue weighted by molar-refractivity contribution is 6.03. The first kappa shape index (κ1) is 9.66. The number of rotatable bonds is 3. The fourth-order valence-corrected chi connectivity index (χ4v) is 1.94. The molecule has 2 heterocycles. The van der Waals surface area contributed by atoms with Crippen molar-refractivity contribution in [1.82, 2.24) is 0 Å². The fourth-order valence-electron chi connectivity index (χ4n) is 1.94. The molecule has 0 radical (unpaired) electrons. The van der Waals surface area contributed by atoms with E-state index in [4.69, 9.17) is 9.47 Å². The van der Waals surface area contributed by atoms with Gasteiger partial charge in [-0.15, -0.1) is 0 Å². The highest BCUT2D eigenvalue weighted by Gasteiger charge is 2.30. The molecule has 0 aliphatic carbocycles. The van der Waals surface area contributed by atoms with Gasteiger partial charge in [0.1, 0.15) is 18.5 Å². The smallest absolute Gasteiger partial charge is 0.231 e. The summed E-state index contributed by atoms with van der Waals surface area (Å²) in [6.07, 6.45) is 0.233. The number of carbonyl (C=O) groups is 1. The average Bonchev–Trinajstić information content (AvgIpc) is 3.05. The van der Waals surface area contributed by atoms with Crippen LogP contribution in [-0.2, 0) is 9.53 Å². The molecule has 0 aromatic heterocycles. The monoisotopic (exact) mass is 219 g/mol. The van der Waals surface area contributed by atoms with Gasteiger partial charge in [-0.3, -0.25) is 4.79 Å². The number of epoxide rings is 1. The Bertz CT molecular complexity index is 440. The normalized spacial score (nSPS) is 26.2. The van der Waals surface area contributed by atoms with E-state index in [-0.39, 0.29) is 17.9 Å².